The lowest BCUT2D eigenvalue weighted by Crippen LogP contribution is -2.30. The van der Waals surface area contributed by atoms with Crippen molar-refractivity contribution in [2.45, 2.75) is 40.2 Å². The zero-order chi connectivity index (χ0) is 20.7. The molecule has 0 atom stereocenters. The van der Waals surface area contributed by atoms with Crippen LogP contribution in [0, 0.1) is 13.8 Å². The van der Waals surface area contributed by atoms with Crippen LogP contribution in [0.1, 0.15) is 39.4 Å². The van der Waals surface area contributed by atoms with Gasteiger partial charge in [-0.15, -0.1) is 11.3 Å². The highest BCUT2D eigenvalue weighted by atomic mass is 32.1. The predicted octanol–water partition coefficient (Wildman–Crippen LogP) is 2.14. The molecule has 29 heavy (non-hydrogen) atoms. The number of aromatic nitrogens is 3. The third-order valence-corrected chi connectivity index (χ3v) is 6.25. The first kappa shape index (κ1) is 19.4. The van der Waals surface area contributed by atoms with Gasteiger partial charge in [-0.1, -0.05) is 0 Å². The minimum atomic E-state index is -0.386. The largest absolute Gasteiger partial charge is 0.466 e. The number of aryl methyl sites for hydroxylation is 4. The second-order valence-electron chi connectivity index (χ2n) is 7.04. The zero-order valence-electron chi connectivity index (χ0n) is 16.9. The van der Waals surface area contributed by atoms with Crippen LogP contribution in [0.2, 0.25) is 0 Å². The van der Waals surface area contributed by atoms with Gasteiger partial charge < -0.3 is 14.3 Å². The highest BCUT2D eigenvalue weighted by Gasteiger charge is 2.25. The highest BCUT2D eigenvalue weighted by Crippen LogP contribution is 2.34. The van der Waals surface area contributed by atoms with E-state index in [2.05, 4.69) is 20.0 Å². The molecule has 152 valence electrons. The Morgan fingerprint density at radius 1 is 1.34 bits per heavy atom. The molecule has 0 spiro atoms. The molecule has 2 amide bonds. The molecule has 3 heterocycles. The van der Waals surface area contributed by atoms with Gasteiger partial charge in [0.25, 0.3) is 11.8 Å². The summed E-state index contributed by atoms with van der Waals surface area (Å²) in [6, 6.07) is 1.66. The Balaban J connectivity index is 1.57. The van der Waals surface area contributed by atoms with Crippen LogP contribution in [0.4, 0.5) is 0 Å². The molecule has 0 radical (unpaired) electrons. The molecule has 1 aliphatic rings. The third kappa shape index (κ3) is 3.46. The second-order valence-corrected chi connectivity index (χ2v) is 8.11. The van der Waals surface area contributed by atoms with Crippen molar-refractivity contribution in [1.29, 1.82) is 0 Å². The van der Waals surface area contributed by atoms with Crippen LogP contribution >= 0.6 is 11.3 Å². The molecule has 1 aliphatic carbocycles. The predicted molar refractivity (Wildman–Crippen MR) is 109 cm³/mol. The number of nitrogens with one attached hydrogen (secondary N) is 1. The molecule has 3 aromatic heterocycles. The van der Waals surface area contributed by atoms with Gasteiger partial charge in [-0.3, -0.25) is 14.3 Å². The average Bonchev–Trinajstić information content (AvgIpc) is 3.34. The van der Waals surface area contributed by atoms with Crippen molar-refractivity contribution in [3.8, 4) is 11.3 Å². The molecule has 0 saturated heterocycles. The molecule has 0 aliphatic heterocycles. The standard InChI is InChI=1S/C20H23N5O3S/c1-5-25-18-14-9-22-24(4)15(14)6-7-16(18)29-20(25)23-17(26)10-21-19(27)13-8-11(2)28-12(13)3/h8-9H,5-7,10H2,1-4H3,(H,21,27). The lowest BCUT2D eigenvalue weighted by Gasteiger charge is -2.15. The van der Waals surface area contributed by atoms with Crippen LogP contribution in [0.5, 0.6) is 0 Å². The Morgan fingerprint density at radius 2 is 2.14 bits per heavy atom. The van der Waals surface area contributed by atoms with E-state index in [1.165, 1.54) is 21.9 Å². The monoisotopic (exact) mass is 413 g/mol. The van der Waals surface area contributed by atoms with Crippen molar-refractivity contribution in [2.75, 3.05) is 6.54 Å². The molecule has 0 aromatic carbocycles. The van der Waals surface area contributed by atoms with Gasteiger partial charge in [0.2, 0.25) is 0 Å². The fraction of sp³-hybridized carbons (Fsp3) is 0.400. The Morgan fingerprint density at radius 3 is 2.83 bits per heavy atom. The first-order valence-electron chi connectivity index (χ1n) is 9.55. The molecule has 4 rings (SSSR count). The van der Waals surface area contributed by atoms with Crippen LogP contribution in [0.25, 0.3) is 11.3 Å². The normalized spacial score (nSPS) is 13.3. The maximum absolute atomic E-state index is 12.4. The van der Waals surface area contributed by atoms with E-state index in [4.69, 9.17) is 4.42 Å². The van der Waals surface area contributed by atoms with Gasteiger partial charge in [0.1, 0.15) is 11.5 Å². The van der Waals surface area contributed by atoms with Crippen molar-refractivity contribution in [3.63, 3.8) is 0 Å². The Labute approximate surface area is 171 Å². The van der Waals surface area contributed by atoms with E-state index in [1.807, 2.05) is 24.9 Å². The summed E-state index contributed by atoms with van der Waals surface area (Å²) in [5.74, 6) is 0.471. The van der Waals surface area contributed by atoms with Crippen molar-refractivity contribution in [1.82, 2.24) is 19.7 Å². The molecular weight excluding hydrogens is 390 g/mol. The van der Waals surface area contributed by atoms with Crippen molar-refractivity contribution < 1.29 is 14.0 Å². The molecule has 3 aromatic rings. The molecule has 0 bridgehead atoms. The van der Waals surface area contributed by atoms with Crippen molar-refractivity contribution in [2.24, 2.45) is 12.0 Å². The number of rotatable bonds is 4. The molecule has 0 unspecified atom stereocenters. The van der Waals surface area contributed by atoms with E-state index in [9.17, 15) is 9.59 Å². The summed E-state index contributed by atoms with van der Waals surface area (Å²) in [4.78, 5) is 30.9. The zero-order valence-corrected chi connectivity index (χ0v) is 17.7. The van der Waals surface area contributed by atoms with Gasteiger partial charge >= 0.3 is 0 Å². The summed E-state index contributed by atoms with van der Waals surface area (Å²) in [5.41, 5.74) is 3.86. The van der Waals surface area contributed by atoms with Crippen LogP contribution in [-0.4, -0.2) is 32.7 Å². The smallest absolute Gasteiger partial charge is 0.267 e. The van der Waals surface area contributed by atoms with Gasteiger partial charge in [-0.05, 0) is 39.7 Å². The summed E-state index contributed by atoms with van der Waals surface area (Å²) < 4.78 is 9.34. The summed E-state index contributed by atoms with van der Waals surface area (Å²) in [5, 5.41) is 7.02. The van der Waals surface area contributed by atoms with Crippen LogP contribution in [-0.2, 0) is 31.2 Å². The van der Waals surface area contributed by atoms with Crippen LogP contribution < -0.4 is 10.1 Å². The van der Waals surface area contributed by atoms with Gasteiger partial charge in [0, 0.05) is 29.7 Å². The Bertz CT molecular complexity index is 1180. The fourth-order valence-electron chi connectivity index (χ4n) is 3.74. The van der Waals surface area contributed by atoms with E-state index >= 15 is 0 Å². The lowest BCUT2D eigenvalue weighted by molar-refractivity contribution is -0.117. The number of nitrogens with zero attached hydrogens (tertiary/aromatic N) is 4. The Hall–Kier alpha value is -2.94. The van der Waals surface area contributed by atoms with E-state index in [-0.39, 0.29) is 18.4 Å². The Kier molecular flexibility index (Phi) is 4.99. The van der Waals surface area contributed by atoms with Gasteiger partial charge in [0.05, 0.1) is 24.0 Å². The minimum absolute atomic E-state index is 0.160. The van der Waals surface area contributed by atoms with E-state index < -0.39 is 0 Å². The van der Waals surface area contributed by atoms with Gasteiger partial charge in [0.15, 0.2) is 4.80 Å². The quantitative estimate of drug-likeness (QED) is 0.709. The number of thiazole rings is 1. The van der Waals surface area contributed by atoms with E-state index in [1.54, 1.807) is 19.9 Å². The number of hydrogen-bond donors (Lipinski definition) is 1. The molecular formula is C20H23N5O3S. The number of carbonyl (C=O) groups excluding carboxylic acids is 2. The molecule has 0 fully saturated rings. The summed E-state index contributed by atoms with van der Waals surface area (Å²) in [7, 11) is 1.95. The molecule has 1 N–H and O–H groups in total. The first-order valence-corrected chi connectivity index (χ1v) is 10.4. The lowest BCUT2D eigenvalue weighted by atomic mass is 10.00. The molecule has 8 nitrogen and oxygen atoms in total. The first-order chi connectivity index (χ1) is 13.9. The van der Waals surface area contributed by atoms with Gasteiger partial charge in [-0.2, -0.15) is 10.1 Å². The average molecular weight is 414 g/mol. The number of hydrogen-bond acceptors (Lipinski definition) is 5. The number of fused-ring (bicyclic) bond motifs is 3. The summed E-state index contributed by atoms with van der Waals surface area (Å²) in [6.45, 7) is 6.08. The number of carbonyl (C=O) groups is 2. The summed E-state index contributed by atoms with van der Waals surface area (Å²) in [6.07, 6.45) is 3.72. The minimum Gasteiger partial charge on any atom is -0.466 e. The number of furan rings is 1. The van der Waals surface area contributed by atoms with Crippen LogP contribution in [0.3, 0.4) is 0 Å². The maximum atomic E-state index is 12.4. The van der Waals surface area contributed by atoms with Crippen molar-refractivity contribution in [3.05, 3.63) is 44.7 Å². The van der Waals surface area contributed by atoms with E-state index in [0.717, 1.165) is 24.1 Å². The topological polar surface area (TPSA) is 94.4 Å². The second kappa shape index (κ2) is 7.47. The highest BCUT2D eigenvalue weighted by molar-refractivity contribution is 7.09. The van der Waals surface area contributed by atoms with E-state index in [0.29, 0.717) is 28.4 Å². The SMILES string of the molecule is CCn1c2c(sc1=NC(=O)CNC(=O)c1cc(C)oc1C)CCc1c-2cnn1C. The van der Waals surface area contributed by atoms with Crippen LogP contribution in [0.15, 0.2) is 21.7 Å². The molecule has 0 saturated carbocycles. The summed E-state index contributed by atoms with van der Waals surface area (Å²) >= 11 is 1.53. The third-order valence-electron chi connectivity index (χ3n) is 5.11. The molecule has 9 heteroatoms. The van der Waals surface area contributed by atoms with Gasteiger partial charge in [-0.25, -0.2) is 0 Å². The maximum Gasteiger partial charge on any atom is 0.267 e. The fourth-order valence-corrected chi connectivity index (χ4v) is 4.96. The number of amides is 2. The van der Waals surface area contributed by atoms with Crippen molar-refractivity contribution >= 4 is 23.2 Å².